The predicted octanol–water partition coefficient (Wildman–Crippen LogP) is -1.29. The minimum atomic E-state index is -0.397. The number of hydrogen-bond donors (Lipinski definition) is 3. The van der Waals surface area contributed by atoms with Crippen LogP contribution in [-0.2, 0) is 9.59 Å². The van der Waals surface area contributed by atoms with Gasteiger partial charge in [0.05, 0.1) is 12.7 Å². The number of likely N-dealkylation sites (tertiary alicyclic amines) is 2. The molecule has 124 valence electrons. The monoisotopic (exact) mass is 310 g/mol. The van der Waals surface area contributed by atoms with Crippen LogP contribution < -0.4 is 11.1 Å². The summed E-state index contributed by atoms with van der Waals surface area (Å²) < 4.78 is 0. The van der Waals surface area contributed by atoms with Gasteiger partial charge in [-0.15, -0.1) is 0 Å². The fraction of sp³-hybridized carbons (Fsp3) is 0.867. The average molecular weight is 310 g/mol. The number of aliphatic hydroxyl groups is 1. The molecule has 7 nitrogen and oxygen atoms in total. The SMILES string of the molecule is NC1CCCN1C(=O)CNC1C[C@@H]2CN(C(=O)CO)C[C@@H]2C1. The number of amides is 2. The Morgan fingerprint density at radius 1 is 1.18 bits per heavy atom. The highest BCUT2D eigenvalue weighted by atomic mass is 16.3. The standard InChI is InChI=1S/C15H26N4O3/c16-13-2-1-3-19(13)14(21)6-17-12-4-10-7-18(15(22)9-20)8-11(10)5-12/h10-13,17,20H,1-9,16H2/t10-,11+,12?,13?. The van der Waals surface area contributed by atoms with Crippen LogP contribution in [0.15, 0.2) is 0 Å². The third-order valence-corrected chi connectivity index (χ3v) is 5.40. The van der Waals surface area contributed by atoms with E-state index in [2.05, 4.69) is 5.32 Å². The molecule has 2 aliphatic heterocycles. The molecule has 0 aromatic rings. The molecule has 0 aromatic heterocycles. The largest absolute Gasteiger partial charge is 0.387 e. The van der Waals surface area contributed by atoms with Crippen molar-refractivity contribution in [3.63, 3.8) is 0 Å². The van der Waals surface area contributed by atoms with Gasteiger partial charge in [0, 0.05) is 25.7 Å². The van der Waals surface area contributed by atoms with Gasteiger partial charge in [-0.2, -0.15) is 0 Å². The zero-order valence-corrected chi connectivity index (χ0v) is 12.9. The Kier molecular flexibility index (Phi) is 4.65. The summed E-state index contributed by atoms with van der Waals surface area (Å²) in [5.41, 5.74) is 5.91. The van der Waals surface area contributed by atoms with Crippen molar-refractivity contribution in [2.75, 3.05) is 32.8 Å². The Labute approximate surface area is 130 Å². The fourth-order valence-corrected chi connectivity index (χ4v) is 4.21. The van der Waals surface area contributed by atoms with Gasteiger partial charge in [-0.25, -0.2) is 0 Å². The zero-order chi connectivity index (χ0) is 15.7. The van der Waals surface area contributed by atoms with Crippen molar-refractivity contribution in [1.29, 1.82) is 0 Å². The molecule has 2 amide bonds. The summed E-state index contributed by atoms with van der Waals surface area (Å²) in [5, 5.41) is 12.3. The Bertz CT molecular complexity index is 431. The molecule has 2 unspecified atom stereocenters. The lowest BCUT2D eigenvalue weighted by atomic mass is 10.0. The molecule has 1 saturated carbocycles. The number of nitrogens with one attached hydrogen (secondary N) is 1. The maximum atomic E-state index is 12.1. The minimum absolute atomic E-state index is 0.0964. The summed E-state index contributed by atoms with van der Waals surface area (Å²) >= 11 is 0. The second-order valence-corrected chi connectivity index (χ2v) is 6.82. The number of rotatable bonds is 4. The Balaban J connectivity index is 1.42. The summed E-state index contributed by atoms with van der Waals surface area (Å²) in [6, 6.07) is 0.351. The van der Waals surface area contributed by atoms with Crippen LogP contribution in [0.25, 0.3) is 0 Å². The van der Waals surface area contributed by atoms with Crippen molar-refractivity contribution in [3.8, 4) is 0 Å². The van der Waals surface area contributed by atoms with E-state index in [1.165, 1.54) is 0 Å². The van der Waals surface area contributed by atoms with E-state index in [-0.39, 0.29) is 18.0 Å². The van der Waals surface area contributed by atoms with Gasteiger partial charge in [0.15, 0.2) is 0 Å². The molecule has 0 aromatic carbocycles. The maximum Gasteiger partial charge on any atom is 0.248 e. The molecule has 0 radical (unpaired) electrons. The van der Waals surface area contributed by atoms with Crippen LogP contribution in [0, 0.1) is 11.8 Å². The van der Waals surface area contributed by atoms with Crippen molar-refractivity contribution < 1.29 is 14.7 Å². The van der Waals surface area contributed by atoms with Crippen LogP contribution in [-0.4, -0.2) is 71.7 Å². The summed E-state index contributed by atoms with van der Waals surface area (Å²) in [6.07, 6.45) is 3.78. The molecular weight excluding hydrogens is 284 g/mol. The normalized spacial score (nSPS) is 34.3. The van der Waals surface area contributed by atoms with E-state index in [0.29, 0.717) is 24.4 Å². The lowest BCUT2D eigenvalue weighted by Gasteiger charge is -2.23. The first-order valence-corrected chi connectivity index (χ1v) is 8.25. The van der Waals surface area contributed by atoms with Gasteiger partial charge in [0.1, 0.15) is 6.61 Å². The highest BCUT2D eigenvalue weighted by Gasteiger charge is 2.42. The molecule has 4 atom stereocenters. The quantitative estimate of drug-likeness (QED) is 0.600. The number of aliphatic hydroxyl groups excluding tert-OH is 1. The first kappa shape index (κ1) is 15.7. The van der Waals surface area contributed by atoms with Crippen LogP contribution in [0.4, 0.5) is 0 Å². The van der Waals surface area contributed by atoms with Crippen LogP contribution in [0.2, 0.25) is 0 Å². The van der Waals surface area contributed by atoms with E-state index in [0.717, 1.165) is 45.3 Å². The maximum absolute atomic E-state index is 12.1. The van der Waals surface area contributed by atoms with E-state index in [1.807, 2.05) is 0 Å². The average Bonchev–Trinajstić information content (AvgIpc) is 3.17. The minimum Gasteiger partial charge on any atom is -0.387 e. The second kappa shape index (κ2) is 6.52. The van der Waals surface area contributed by atoms with E-state index < -0.39 is 6.61 Å². The number of nitrogens with zero attached hydrogens (tertiary/aromatic N) is 2. The van der Waals surface area contributed by atoms with Crippen LogP contribution >= 0.6 is 0 Å². The van der Waals surface area contributed by atoms with Crippen molar-refractivity contribution >= 4 is 11.8 Å². The van der Waals surface area contributed by atoms with E-state index in [9.17, 15) is 9.59 Å². The van der Waals surface area contributed by atoms with E-state index >= 15 is 0 Å². The van der Waals surface area contributed by atoms with Gasteiger partial charge in [0.25, 0.3) is 0 Å². The van der Waals surface area contributed by atoms with Crippen LogP contribution in [0.1, 0.15) is 25.7 Å². The summed E-state index contributed by atoms with van der Waals surface area (Å²) in [7, 11) is 0. The lowest BCUT2D eigenvalue weighted by molar-refractivity contribution is -0.133. The third kappa shape index (κ3) is 3.11. The lowest BCUT2D eigenvalue weighted by Crippen LogP contribution is -2.46. The van der Waals surface area contributed by atoms with E-state index in [4.69, 9.17) is 10.8 Å². The van der Waals surface area contributed by atoms with Crippen molar-refractivity contribution in [2.45, 2.75) is 37.9 Å². The molecule has 0 bridgehead atoms. The molecule has 1 aliphatic carbocycles. The number of carbonyl (C=O) groups excluding carboxylic acids is 2. The molecule has 22 heavy (non-hydrogen) atoms. The molecule has 3 aliphatic rings. The molecule has 0 spiro atoms. The predicted molar refractivity (Wildman–Crippen MR) is 80.6 cm³/mol. The third-order valence-electron chi connectivity index (χ3n) is 5.40. The van der Waals surface area contributed by atoms with Crippen LogP contribution in [0.3, 0.4) is 0 Å². The molecule has 2 saturated heterocycles. The number of carbonyl (C=O) groups is 2. The highest BCUT2D eigenvalue weighted by molar-refractivity contribution is 5.79. The smallest absolute Gasteiger partial charge is 0.248 e. The molecule has 3 rings (SSSR count). The van der Waals surface area contributed by atoms with Gasteiger partial charge >= 0.3 is 0 Å². The first-order chi connectivity index (χ1) is 10.6. The first-order valence-electron chi connectivity index (χ1n) is 8.25. The Morgan fingerprint density at radius 2 is 1.86 bits per heavy atom. The van der Waals surface area contributed by atoms with Crippen molar-refractivity contribution in [1.82, 2.24) is 15.1 Å². The molecule has 3 fully saturated rings. The highest BCUT2D eigenvalue weighted by Crippen LogP contribution is 2.38. The Hall–Kier alpha value is -1.18. The number of nitrogens with two attached hydrogens (primary N) is 1. The van der Waals surface area contributed by atoms with Crippen molar-refractivity contribution in [2.24, 2.45) is 17.6 Å². The summed E-state index contributed by atoms with van der Waals surface area (Å²) in [6.45, 7) is 2.22. The number of hydrogen-bond acceptors (Lipinski definition) is 5. The molecule has 2 heterocycles. The van der Waals surface area contributed by atoms with E-state index in [1.54, 1.807) is 9.80 Å². The van der Waals surface area contributed by atoms with Crippen molar-refractivity contribution in [3.05, 3.63) is 0 Å². The van der Waals surface area contributed by atoms with Gasteiger partial charge < -0.3 is 26.0 Å². The number of fused-ring (bicyclic) bond motifs is 1. The molecular formula is C15H26N4O3. The summed E-state index contributed by atoms with van der Waals surface area (Å²) in [5.74, 6) is 0.922. The molecule has 7 heteroatoms. The summed E-state index contributed by atoms with van der Waals surface area (Å²) in [4.78, 5) is 27.2. The zero-order valence-electron chi connectivity index (χ0n) is 12.9. The fourth-order valence-electron chi connectivity index (χ4n) is 4.21. The topological polar surface area (TPSA) is 98.9 Å². The van der Waals surface area contributed by atoms with Crippen LogP contribution in [0.5, 0.6) is 0 Å². The van der Waals surface area contributed by atoms with Gasteiger partial charge in [-0.3, -0.25) is 9.59 Å². The second-order valence-electron chi connectivity index (χ2n) is 6.82. The van der Waals surface area contributed by atoms with Gasteiger partial charge in [-0.05, 0) is 37.5 Å². The van der Waals surface area contributed by atoms with Gasteiger partial charge in [0.2, 0.25) is 11.8 Å². The Morgan fingerprint density at radius 3 is 2.41 bits per heavy atom. The molecule has 4 N–H and O–H groups in total. The van der Waals surface area contributed by atoms with Gasteiger partial charge in [-0.1, -0.05) is 0 Å².